The molecule has 0 spiro atoms. The Hall–Kier alpha value is -9.64. The zero-order chi connectivity index (χ0) is 51.0. The molecule has 0 N–H and O–H groups in total. The molecular formula is C72H52N2O2. The van der Waals surface area contributed by atoms with Gasteiger partial charge in [-0.2, -0.15) is 0 Å². The van der Waals surface area contributed by atoms with Crippen molar-refractivity contribution in [2.24, 2.45) is 0 Å². The average molecular weight is 977 g/mol. The van der Waals surface area contributed by atoms with Gasteiger partial charge in [-0.05, 0) is 143 Å². The summed E-state index contributed by atoms with van der Waals surface area (Å²) < 4.78 is 13.4. The standard InChI is InChI=1S/C72H52N2O2/c1-45-17-13-25-59(63-29-15-27-61-57-23-9-11-31-67(57)75-71(61)63)69(45)73(55-37-33-49-19-5-7-21-51(49)43-55)65-39-35-53(41-47(65)3)54-36-40-66(48(4)42-54)74(56-38-34-50-20-6-8-22-52(50)44-56)70-46(2)18-14-26-60(70)64-30-16-28-62-58-24-10-12-32-68(58)76-72(62)64/h5-44H,1-4H3. The van der Waals surface area contributed by atoms with Crippen molar-refractivity contribution in [1.82, 2.24) is 0 Å². The Labute approximate surface area is 441 Å². The first kappa shape index (κ1) is 45.0. The van der Waals surface area contributed by atoms with Crippen LogP contribution in [0.4, 0.5) is 34.1 Å². The van der Waals surface area contributed by atoms with Crippen molar-refractivity contribution in [1.29, 1.82) is 0 Å². The van der Waals surface area contributed by atoms with Gasteiger partial charge in [-0.25, -0.2) is 0 Å². The third-order valence-corrected chi connectivity index (χ3v) is 15.5. The summed E-state index contributed by atoms with van der Waals surface area (Å²) in [5.41, 5.74) is 21.4. The molecule has 0 aliphatic heterocycles. The molecule has 0 saturated heterocycles. The van der Waals surface area contributed by atoms with Gasteiger partial charge in [-0.3, -0.25) is 0 Å². The van der Waals surface area contributed by atoms with Gasteiger partial charge in [0.05, 0.1) is 11.4 Å². The molecule has 4 nitrogen and oxygen atoms in total. The van der Waals surface area contributed by atoms with Crippen molar-refractivity contribution in [3.05, 3.63) is 265 Å². The lowest BCUT2D eigenvalue weighted by Crippen LogP contribution is -2.14. The first-order valence-corrected chi connectivity index (χ1v) is 26.1. The van der Waals surface area contributed by atoms with E-state index in [-0.39, 0.29) is 0 Å². The summed E-state index contributed by atoms with van der Waals surface area (Å²) in [5.74, 6) is 0. The first-order valence-electron chi connectivity index (χ1n) is 26.1. The van der Waals surface area contributed by atoms with Gasteiger partial charge in [0.1, 0.15) is 22.3 Å². The number of nitrogens with zero attached hydrogens (tertiary/aromatic N) is 2. The number of para-hydroxylation sites is 6. The Kier molecular flexibility index (Phi) is 10.7. The highest BCUT2D eigenvalue weighted by molar-refractivity contribution is 6.13. The van der Waals surface area contributed by atoms with Crippen LogP contribution < -0.4 is 9.80 Å². The minimum Gasteiger partial charge on any atom is -0.455 e. The van der Waals surface area contributed by atoms with E-state index in [2.05, 4.69) is 268 Å². The number of anilines is 6. The molecule has 76 heavy (non-hydrogen) atoms. The maximum Gasteiger partial charge on any atom is 0.143 e. The molecule has 362 valence electrons. The third kappa shape index (κ3) is 7.44. The fraction of sp³-hybridized carbons (Fsp3) is 0.0556. The lowest BCUT2D eigenvalue weighted by atomic mass is 9.94. The molecule has 0 aliphatic rings. The molecule has 0 atom stereocenters. The topological polar surface area (TPSA) is 32.8 Å². The zero-order valence-corrected chi connectivity index (χ0v) is 42.8. The van der Waals surface area contributed by atoms with Crippen LogP contribution in [-0.4, -0.2) is 0 Å². The largest absolute Gasteiger partial charge is 0.455 e. The van der Waals surface area contributed by atoms with Crippen LogP contribution in [0.5, 0.6) is 0 Å². The normalized spacial score (nSPS) is 11.7. The fourth-order valence-corrected chi connectivity index (χ4v) is 11.8. The molecule has 14 aromatic rings. The van der Waals surface area contributed by atoms with Gasteiger partial charge in [-0.1, -0.05) is 182 Å². The van der Waals surface area contributed by atoms with Crippen molar-refractivity contribution >= 4 is 99.5 Å². The maximum atomic E-state index is 6.70. The van der Waals surface area contributed by atoms with Crippen LogP contribution in [-0.2, 0) is 0 Å². The Balaban J connectivity index is 0.909. The van der Waals surface area contributed by atoms with Crippen molar-refractivity contribution < 1.29 is 8.83 Å². The quantitative estimate of drug-likeness (QED) is 0.144. The van der Waals surface area contributed by atoms with E-state index >= 15 is 0 Å². The number of furan rings is 2. The van der Waals surface area contributed by atoms with E-state index < -0.39 is 0 Å². The van der Waals surface area contributed by atoms with Crippen LogP contribution >= 0.6 is 0 Å². The molecule has 4 heteroatoms. The highest BCUT2D eigenvalue weighted by atomic mass is 16.3. The Morgan fingerprint density at radius 3 is 1.11 bits per heavy atom. The Morgan fingerprint density at radius 2 is 0.658 bits per heavy atom. The van der Waals surface area contributed by atoms with Gasteiger partial charge in [0.25, 0.3) is 0 Å². The van der Waals surface area contributed by atoms with Crippen LogP contribution in [0.25, 0.3) is 98.8 Å². The molecule has 0 bridgehead atoms. The fourth-order valence-electron chi connectivity index (χ4n) is 11.8. The summed E-state index contributed by atoms with van der Waals surface area (Å²) in [6.07, 6.45) is 0. The van der Waals surface area contributed by atoms with Crippen LogP contribution in [0.1, 0.15) is 22.3 Å². The number of fused-ring (bicyclic) bond motifs is 8. The minimum atomic E-state index is 0.887. The predicted molar refractivity (Wildman–Crippen MR) is 321 cm³/mol. The maximum absolute atomic E-state index is 6.70. The first-order chi connectivity index (χ1) is 37.3. The lowest BCUT2D eigenvalue weighted by Gasteiger charge is -2.32. The second kappa shape index (κ2) is 18.1. The number of hydrogen-bond acceptors (Lipinski definition) is 4. The van der Waals surface area contributed by atoms with E-state index in [1.165, 1.54) is 21.5 Å². The summed E-state index contributed by atoms with van der Waals surface area (Å²) in [6, 6.07) is 87.7. The van der Waals surface area contributed by atoms with E-state index in [1.807, 2.05) is 12.1 Å². The summed E-state index contributed by atoms with van der Waals surface area (Å²) in [5, 5.41) is 9.24. The zero-order valence-electron chi connectivity index (χ0n) is 42.8. The molecule has 0 fully saturated rings. The molecule has 2 aromatic heterocycles. The highest BCUT2D eigenvalue weighted by Gasteiger charge is 2.26. The monoisotopic (exact) mass is 976 g/mol. The van der Waals surface area contributed by atoms with E-state index in [9.17, 15) is 0 Å². The minimum absolute atomic E-state index is 0.887. The second-order valence-electron chi connectivity index (χ2n) is 20.2. The van der Waals surface area contributed by atoms with Crippen molar-refractivity contribution in [3.63, 3.8) is 0 Å². The predicted octanol–water partition coefficient (Wildman–Crippen LogP) is 21.0. The van der Waals surface area contributed by atoms with Gasteiger partial charge >= 0.3 is 0 Å². The van der Waals surface area contributed by atoms with Crippen LogP contribution in [0.3, 0.4) is 0 Å². The third-order valence-electron chi connectivity index (χ3n) is 15.5. The van der Waals surface area contributed by atoms with E-state index in [0.29, 0.717) is 0 Å². The smallest absolute Gasteiger partial charge is 0.143 e. The molecule has 12 aromatic carbocycles. The van der Waals surface area contributed by atoms with Crippen LogP contribution in [0.2, 0.25) is 0 Å². The van der Waals surface area contributed by atoms with Crippen molar-refractivity contribution in [2.75, 3.05) is 9.80 Å². The number of hydrogen-bond donors (Lipinski definition) is 0. The molecule has 2 heterocycles. The average Bonchev–Trinajstić information content (AvgIpc) is 4.04. The summed E-state index contributed by atoms with van der Waals surface area (Å²) in [6.45, 7) is 8.94. The number of aryl methyl sites for hydroxylation is 4. The van der Waals surface area contributed by atoms with Gasteiger partial charge in [0, 0.05) is 66.5 Å². The highest BCUT2D eigenvalue weighted by Crippen LogP contribution is 2.50. The SMILES string of the molecule is Cc1cc(-c2ccc(N(c3ccc4ccccc4c3)c3c(C)cccc3-c3cccc4c3oc3ccccc34)c(C)c2)ccc1N(c1ccc2ccccc2c1)c1c(C)cccc1-c1cccc2c1oc1ccccc12. The van der Waals surface area contributed by atoms with Gasteiger partial charge < -0.3 is 18.6 Å². The van der Waals surface area contributed by atoms with E-state index in [0.717, 1.165) is 134 Å². The molecule has 0 aliphatic carbocycles. The lowest BCUT2D eigenvalue weighted by molar-refractivity contribution is 0.669. The molecule has 0 unspecified atom stereocenters. The van der Waals surface area contributed by atoms with Gasteiger partial charge in [0.2, 0.25) is 0 Å². The summed E-state index contributed by atoms with van der Waals surface area (Å²) >= 11 is 0. The number of benzene rings is 12. The van der Waals surface area contributed by atoms with Crippen LogP contribution in [0, 0.1) is 27.7 Å². The Bertz CT molecular complexity index is 4320. The molecule has 0 saturated carbocycles. The molecule has 14 rings (SSSR count). The molecule has 0 amide bonds. The van der Waals surface area contributed by atoms with Crippen molar-refractivity contribution in [3.8, 4) is 33.4 Å². The Morgan fingerprint density at radius 1 is 0.276 bits per heavy atom. The summed E-state index contributed by atoms with van der Waals surface area (Å²) in [7, 11) is 0. The number of rotatable bonds is 9. The van der Waals surface area contributed by atoms with Crippen LogP contribution in [0.15, 0.2) is 251 Å². The van der Waals surface area contributed by atoms with E-state index in [1.54, 1.807) is 0 Å². The molecule has 0 radical (unpaired) electrons. The van der Waals surface area contributed by atoms with Gasteiger partial charge in [-0.15, -0.1) is 0 Å². The van der Waals surface area contributed by atoms with Crippen molar-refractivity contribution in [2.45, 2.75) is 27.7 Å². The summed E-state index contributed by atoms with van der Waals surface area (Å²) in [4.78, 5) is 4.91. The van der Waals surface area contributed by atoms with Gasteiger partial charge in [0.15, 0.2) is 0 Å². The van der Waals surface area contributed by atoms with E-state index in [4.69, 9.17) is 8.83 Å². The molecular weight excluding hydrogens is 925 g/mol. The second-order valence-corrected chi connectivity index (χ2v) is 20.2.